The Bertz CT molecular complexity index is 1540. The van der Waals surface area contributed by atoms with E-state index in [0.717, 1.165) is 37.6 Å². The Hall–Kier alpha value is -3.63. The molecule has 2 aliphatic rings. The van der Waals surface area contributed by atoms with Gasteiger partial charge in [-0.15, -0.1) is 0 Å². The van der Waals surface area contributed by atoms with Crippen LogP contribution in [0.5, 0.6) is 5.75 Å². The molecule has 0 spiro atoms. The van der Waals surface area contributed by atoms with Crippen molar-refractivity contribution in [3.63, 3.8) is 0 Å². The zero-order chi connectivity index (χ0) is 27.0. The van der Waals surface area contributed by atoms with Crippen molar-refractivity contribution < 1.29 is 18.7 Å². The largest absolute Gasteiger partial charge is 0.497 e. The summed E-state index contributed by atoms with van der Waals surface area (Å²) in [6.07, 6.45) is 1.44. The molecular formula is C28H32N4O5S. The van der Waals surface area contributed by atoms with Gasteiger partial charge in [-0.1, -0.05) is 23.5 Å². The van der Waals surface area contributed by atoms with Gasteiger partial charge in [-0.05, 0) is 51.6 Å². The Morgan fingerprint density at radius 3 is 2.50 bits per heavy atom. The molecule has 0 bridgehead atoms. The van der Waals surface area contributed by atoms with Crippen LogP contribution >= 0.6 is 11.3 Å². The first kappa shape index (κ1) is 26.0. The highest BCUT2D eigenvalue weighted by atomic mass is 32.1. The van der Waals surface area contributed by atoms with Crippen molar-refractivity contribution in [2.45, 2.75) is 32.9 Å². The van der Waals surface area contributed by atoms with E-state index in [4.69, 9.17) is 13.9 Å². The molecule has 0 amide bonds. The molecule has 2 aliphatic heterocycles. The van der Waals surface area contributed by atoms with E-state index < -0.39 is 12.0 Å². The molecule has 0 unspecified atom stereocenters. The van der Waals surface area contributed by atoms with Gasteiger partial charge in [-0.25, -0.2) is 9.79 Å². The van der Waals surface area contributed by atoms with Gasteiger partial charge >= 0.3 is 5.97 Å². The number of methoxy groups -OCH3 is 1. The smallest absolute Gasteiger partial charge is 0.338 e. The third kappa shape index (κ3) is 5.06. The van der Waals surface area contributed by atoms with E-state index in [1.165, 1.54) is 11.3 Å². The molecule has 3 aromatic rings. The maximum atomic E-state index is 13.8. The summed E-state index contributed by atoms with van der Waals surface area (Å²) >= 11 is 1.28. The van der Waals surface area contributed by atoms with Crippen molar-refractivity contribution >= 4 is 29.3 Å². The van der Waals surface area contributed by atoms with Gasteiger partial charge < -0.3 is 23.7 Å². The predicted molar refractivity (Wildman–Crippen MR) is 146 cm³/mol. The lowest BCUT2D eigenvalue weighted by molar-refractivity contribution is -0.143. The van der Waals surface area contributed by atoms with Gasteiger partial charge in [-0.3, -0.25) is 9.36 Å². The molecule has 10 heteroatoms. The molecule has 4 heterocycles. The normalized spacial score (nSPS) is 18.5. The fourth-order valence-electron chi connectivity index (χ4n) is 4.71. The molecule has 0 aliphatic carbocycles. The predicted octanol–water partition coefficient (Wildman–Crippen LogP) is 2.54. The molecule has 2 aromatic heterocycles. The van der Waals surface area contributed by atoms with Gasteiger partial charge in [0.2, 0.25) is 0 Å². The molecule has 9 nitrogen and oxygen atoms in total. The number of hydrogen-bond donors (Lipinski definition) is 0. The number of fused-ring (bicyclic) bond motifs is 1. The van der Waals surface area contributed by atoms with E-state index in [2.05, 4.69) is 21.8 Å². The van der Waals surface area contributed by atoms with Crippen molar-refractivity contribution in [3.05, 3.63) is 78.7 Å². The fourth-order valence-corrected chi connectivity index (χ4v) is 5.73. The lowest BCUT2D eigenvalue weighted by atomic mass is 9.96. The lowest BCUT2D eigenvalue weighted by Gasteiger charge is -2.32. The summed E-state index contributed by atoms with van der Waals surface area (Å²) in [5.41, 5.74) is 1.39. The van der Waals surface area contributed by atoms with Crippen LogP contribution in [0, 0.1) is 0 Å². The molecule has 5 rings (SSSR count). The van der Waals surface area contributed by atoms with Crippen molar-refractivity contribution in [2.24, 2.45) is 4.99 Å². The number of ether oxygens (including phenoxy) is 2. The van der Waals surface area contributed by atoms with Crippen molar-refractivity contribution in [3.8, 4) is 5.75 Å². The first-order chi connectivity index (χ1) is 18.2. The third-order valence-electron chi connectivity index (χ3n) is 6.72. The number of hydrogen-bond acceptors (Lipinski definition) is 9. The van der Waals surface area contributed by atoms with Gasteiger partial charge in [0.25, 0.3) is 5.56 Å². The molecule has 0 N–H and O–H groups in total. The van der Waals surface area contributed by atoms with E-state index in [0.29, 0.717) is 32.1 Å². The molecule has 38 heavy (non-hydrogen) atoms. The third-order valence-corrected chi connectivity index (χ3v) is 7.70. The maximum Gasteiger partial charge on any atom is 0.338 e. The van der Waals surface area contributed by atoms with Crippen LogP contribution in [0.2, 0.25) is 0 Å². The fraction of sp³-hybridized carbons (Fsp3) is 0.393. The standard InChI is InChI=1S/C28H32N4O5S/c1-17(2)36-27(34)24-18(3)29-28-32(25(24)19-6-8-20(35-5)9-7-19)26(33)22(38-28)16-21-10-11-23(37-21)31-14-12-30(4)13-15-31/h6-11,16-17,25H,12-15H2,1-5H3/b22-16+/t25-/m1/s1. The minimum absolute atomic E-state index is 0.241. The summed E-state index contributed by atoms with van der Waals surface area (Å²) in [6, 6.07) is 10.5. The maximum absolute atomic E-state index is 13.8. The number of nitrogens with zero attached hydrogens (tertiary/aromatic N) is 4. The van der Waals surface area contributed by atoms with E-state index in [1.54, 1.807) is 38.5 Å². The zero-order valence-electron chi connectivity index (χ0n) is 22.3. The number of esters is 1. The Balaban J connectivity index is 1.57. The van der Waals surface area contributed by atoms with Crippen molar-refractivity contribution in [2.75, 3.05) is 45.2 Å². The lowest BCUT2D eigenvalue weighted by Crippen LogP contribution is -2.44. The number of thiazole rings is 1. The summed E-state index contributed by atoms with van der Waals surface area (Å²) in [4.78, 5) is 36.7. The van der Waals surface area contributed by atoms with Gasteiger partial charge in [0.1, 0.15) is 11.5 Å². The first-order valence-electron chi connectivity index (χ1n) is 12.7. The highest BCUT2D eigenvalue weighted by Gasteiger charge is 2.34. The monoisotopic (exact) mass is 536 g/mol. The van der Waals surface area contributed by atoms with Crippen LogP contribution < -0.4 is 24.5 Å². The van der Waals surface area contributed by atoms with Crippen LogP contribution in [0.4, 0.5) is 5.88 Å². The van der Waals surface area contributed by atoms with Gasteiger partial charge in [0.05, 0.1) is 35.1 Å². The average Bonchev–Trinajstić information content (AvgIpc) is 3.47. The van der Waals surface area contributed by atoms with Crippen LogP contribution in [-0.4, -0.2) is 61.9 Å². The molecule has 0 saturated carbocycles. The highest BCUT2D eigenvalue weighted by Crippen LogP contribution is 2.32. The molecular weight excluding hydrogens is 504 g/mol. The van der Waals surface area contributed by atoms with Crippen LogP contribution in [0.25, 0.3) is 6.08 Å². The number of piperazine rings is 1. The topological polar surface area (TPSA) is 89.5 Å². The zero-order valence-corrected chi connectivity index (χ0v) is 23.1. The summed E-state index contributed by atoms with van der Waals surface area (Å²) in [5.74, 6) is 1.59. The molecule has 1 fully saturated rings. The number of furan rings is 1. The number of carbonyl (C=O) groups is 1. The molecule has 1 atom stereocenters. The summed E-state index contributed by atoms with van der Waals surface area (Å²) in [5, 5.41) is 0. The van der Waals surface area contributed by atoms with Crippen LogP contribution in [0.15, 0.2) is 61.9 Å². The van der Waals surface area contributed by atoms with E-state index in [-0.39, 0.29) is 11.7 Å². The summed E-state index contributed by atoms with van der Waals surface area (Å²) in [6.45, 7) is 9.10. The van der Waals surface area contributed by atoms with Gasteiger partial charge in [0.15, 0.2) is 10.7 Å². The minimum atomic E-state index is -0.678. The molecule has 200 valence electrons. The number of benzene rings is 1. The Kier molecular flexibility index (Phi) is 7.27. The van der Waals surface area contributed by atoms with Gasteiger partial charge in [-0.2, -0.15) is 0 Å². The Morgan fingerprint density at radius 1 is 1.13 bits per heavy atom. The van der Waals surface area contributed by atoms with Crippen molar-refractivity contribution in [1.29, 1.82) is 0 Å². The molecule has 1 aromatic carbocycles. The summed E-state index contributed by atoms with van der Waals surface area (Å²) in [7, 11) is 3.71. The molecule has 1 saturated heterocycles. The number of likely N-dealkylation sites (N-methyl/N-ethyl adjacent to an activating group) is 1. The van der Waals surface area contributed by atoms with Crippen LogP contribution in [0.1, 0.15) is 38.1 Å². The number of rotatable bonds is 6. The minimum Gasteiger partial charge on any atom is -0.497 e. The quantitative estimate of drug-likeness (QED) is 0.448. The second-order valence-electron chi connectivity index (χ2n) is 9.78. The van der Waals surface area contributed by atoms with Crippen LogP contribution in [0.3, 0.4) is 0 Å². The first-order valence-corrected chi connectivity index (χ1v) is 13.5. The van der Waals surface area contributed by atoms with Gasteiger partial charge in [0, 0.05) is 38.3 Å². The number of allylic oxidation sites excluding steroid dienone is 1. The average molecular weight is 537 g/mol. The Labute approximate surface area is 224 Å². The van der Waals surface area contributed by atoms with E-state index in [9.17, 15) is 9.59 Å². The molecule has 0 radical (unpaired) electrons. The van der Waals surface area contributed by atoms with Crippen LogP contribution in [-0.2, 0) is 9.53 Å². The number of anilines is 1. The Morgan fingerprint density at radius 2 is 1.84 bits per heavy atom. The summed E-state index contributed by atoms with van der Waals surface area (Å²) < 4.78 is 19.0. The van der Waals surface area contributed by atoms with E-state index >= 15 is 0 Å². The van der Waals surface area contributed by atoms with Crippen molar-refractivity contribution in [1.82, 2.24) is 9.47 Å². The second kappa shape index (κ2) is 10.6. The second-order valence-corrected chi connectivity index (χ2v) is 10.8. The highest BCUT2D eigenvalue weighted by molar-refractivity contribution is 7.07. The van der Waals surface area contributed by atoms with E-state index in [1.807, 2.05) is 36.4 Å². The SMILES string of the molecule is COc1ccc([C@@H]2C(C(=O)OC(C)C)=C(C)N=c3s/c(=C/c4ccc(N5CCN(C)CC5)o4)c(=O)n32)cc1. The number of carbonyl (C=O) groups excluding carboxylic acids is 1. The number of aromatic nitrogens is 1.